The molecule has 0 atom stereocenters. The van der Waals surface area contributed by atoms with Crippen LogP contribution in [0.5, 0.6) is 5.75 Å². The summed E-state index contributed by atoms with van der Waals surface area (Å²) in [4.78, 5) is 5.70. The molecule has 0 aromatic heterocycles. The van der Waals surface area contributed by atoms with Crippen molar-refractivity contribution in [3.8, 4) is 5.75 Å². The highest BCUT2D eigenvalue weighted by atomic mass is 127. The lowest BCUT2D eigenvalue weighted by Gasteiger charge is -2.22. The maximum absolute atomic E-state index is 13.7. The molecule has 6 nitrogen and oxygen atoms in total. The van der Waals surface area contributed by atoms with E-state index in [1.807, 2.05) is 43.1 Å². The van der Waals surface area contributed by atoms with Crippen LogP contribution < -0.4 is 10.1 Å². The molecule has 0 radical (unpaired) electrons. The molecule has 0 aliphatic rings. The first kappa shape index (κ1) is 25.2. The lowest BCUT2D eigenvalue weighted by molar-refractivity contribution is 0.280. The van der Waals surface area contributed by atoms with Crippen LogP contribution in [-0.4, -0.2) is 58.8 Å². The van der Waals surface area contributed by atoms with Gasteiger partial charge in [-0.1, -0.05) is 30.3 Å². The monoisotopic (exact) mass is 535 g/mol. The number of para-hydroxylation sites is 1. The third-order valence-electron chi connectivity index (χ3n) is 4.18. The molecule has 2 aromatic carbocycles. The summed E-state index contributed by atoms with van der Waals surface area (Å²) in [5.74, 6) is 0.393. The van der Waals surface area contributed by atoms with E-state index in [4.69, 9.17) is 4.74 Å². The van der Waals surface area contributed by atoms with E-state index in [1.54, 1.807) is 7.05 Å². The van der Waals surface area contributed by atoms with Gasteiger partial charge >= 0.3 is 0 Å². The Hall–Kier alpha value is -1.88. The molecule has 0 amide bonds. The Balaban J connectivity index is 0.00000420. The Morgan fingerprint density at radius 2 is 1.83 bits per heavy atom. The number of nitrogens with one attached hydrogen (secondary N) is 1. The number of guanidine groups is 1. The van der Waals surface area contributed by atoms with Gasteiger partial charge in [0.25, 0.3) is 0 Å². The summed E-state index contributed by atoms with van der Waals surface area (Å²) in [6.07, 6.45) is 0. The molecular formula is C20H27FIN3O3S. The van der Waals surface area contributed by atoms with Crippen LogP contribution in [0.15, 0.2) is 58.4 Å². The van der Waals surface area contributed by atoms with Crippen molar-refractivity contribution in [1.29, 1.82) is 0 Å². The average molecular weight is 535 g/mol. The van der Waals surface area contributed by atoms with Crippen LogP contribution in [0.4, 0.5) is 4.39 Å². The summed E-state index contributed by atoms with van der Waals surface area (Å²) in [5.41, 5.74) is 1.06. The molecule has 0 fully saturated rings. The normalized spacial score (nSPS) is 11.5. The van der Waals surface area contributed by atoms with Gasteiger partial charge in [-0.3, -0.25) is 4.99 Å². The summed E-state index contributed by atoms with van der Waals surface area (Å²) in [7, 11) is -0.261. The van der Waals surface area contributed by atoms with Crippen LogP contribution in [0.2, 0.25) is 0 Å². The van der Waals surface area contributed by atoms with Crippen molar-refractivity contribution in [2.45, 2.75) is 11.8 Å². The van der Waals surface area contributed by atoms with Gasteiger partial charge in [0.05, 0.1) is 12.3 Å². The molecule has 0 heterocycles. The van der Waals surface area contributed by atoms with Crippen molar-refractivity contribution in [3.05, 3.63) is 59.9 Å². The predicted octanol–water partition coefficient (Wildman–Crippen LogP) is 3.11. The second-order valence-corrected chi connectivity index (χ2v) is 8.34. The van der Waals surface area contributed by atoms with Crippen LogP contribution in [-0.2, 0) is 9.84 Å². The van der Waals surface area contributed by atoms with E-state index in [9.17, 15) is 12.8 Å². The molecule has 0 saturated carbocycles. The van der Waals surface area contributed by atoms with E-state index in [2.05, 4.69) is 10.3 Å². The Morgan fingerprint density at radius 3 is 2.48 bits per heavy atom. The highest BCUT2D eigenvalue weighted by Gasteiger charge is 2.18. The van der Waals surface area contributed by atoms with Crippen molar-refractivity contribution in [3.63, 3.8) is 0 Å². The summed E-state index contributed by atoms with van der Waals surface area (Å²) in [5, 5.41) is 2.99. The van der Waals surface area contributed by atoms with E-state index < -0.39 is 15.7 Å². The third-order valence-corrected chi connectivity index (χ3v) is 5.92. The number of halogens is 2. The number of hydrogen-bond donors (Lipinski definition) is 1. The zero-order valence-corrected chi connectivity index (χ0v) is 19.9. The van der Waals surface area contributed by atoms with E-state index in [0.29, 0.717) is 19.1 Å². The van der Waals surface area contributed by atoms with Gasteiger partial charge in [-0.25, -0.2) is 12.8 Å². The second kappa shape index (κ2) is 12.0. The number of sulfone groups is 1. The minimum atomic E-state index is -3.71. The fourth-order valence-corrected chi connectivity index (χ4v) is 3.85. The number of rotatable bonds is 8. The minimum absolute atomic E-state index is 0. The van der Waals surface area contributed by atoms with Gasteiger partial charge in [0.15, 0.2) is 15.8 Å². The number of ether oxygens (including phenoxy) is 1. The first-order chi connectivity index (χ1) is 13.3. The van der Waals surface area contributed by atoms with Crippen molar-refractivity contribution >= 4 is 39.8 Å². The van der Waals surface area contributed by atoms with Crippen LogP contribution in [0.3, 0.4) is 0 Å². The minimum Gasteiger partial charge on any atom is -0.491 e. The lowest BCUT2D eigenvalue weighted by Crippen LogP contribution is -2.42. The smallest absolute Gasteiger partial charge is 0.193 e. The Kier molecular flexibility index (Phi) is 10.4. The van der Waals surface area contributed by atoms with Gasteiger partial charge in [-0.15, -0.1) is 24.0 Å². The molecule has 9 heteroatoms. The van der Waals surface area contributed by atoms with Crippen molar-refractivity contribution in [2.75, 3.05) is 39.5 Å². The summed E-state index contributed by atoms with van der Waals surface area (Å²) >= 11 is 0. The van der Waals surface area contributed by atoms with Gasteiger partial charge in [0.1, 0.15) is 23.1 Å². The summed E-state index contributed by atoms with van der Waals surface area (Å²) in [6, 6.07) is 13.1. The van der Waals surface area contributed by atoms with Crippen LogP contribution in [0.1, 0.15) is 5.56 Å². The molecule has 0 saturated heterocycles. The third kappa shape index (κ3) is 7.46. The van der Waals surface area contributed by atoms with Crippen molar-refractivity contribution in [1.82, 2.24) is 10.2 Å². The van der Waals surface area contributed by atoms with Crippen LogP contribution >= 0.6 is 24.0 Å². The van der Waals surface area contributed by atoms with E-state index >= 15 is 0 Å². The van der Waals surface area contributed by atoms with Gasteiger partial charge in [-0.2, -0.15) is 0 Å². The molecule has 0 aliphatic heterocycles. The SMILES string of the molecule is CN=C(NCCS(=O)(=O)c1ccccc1F)N(C)CCOc1ccccc1C.I. The highest BCUT2D eigenvalue weighted by Crippen LogP contribution is 2.16. The number of benzene rings is 2. The van der Waals surface area contributed by atoms with Crippen LogP contribution in [0, 0.1) is 12.7 Å². The molecule has 29 heavy (non-hydrogen) atoms. The second-order valence-electron chi connectivity index (χ2n) is 6.26. The molecule has 0 spiro atoms. The quantitative estimate of drug-likeness (QED) is 0.320. The Bertz CT molecular complexity index is 923. The maximum atomic E-state index is 13.7. The standard InChI is InChI=1S/C20H26FN3O3S.HI/c1-16-8-4-6-10-18(16)27-14-13-24(3)20(22-2)23-12-15-28(25,26)19-11-7-5-9-17(19)21;/h4-11H,12-15H2,1-3H3,(H,22,23);1H. The first-order valence-electron chi connectivity index (χ1n) is 8.92. The predicted molar refractivity (Wildman–Crippen MR) is 125 cm³/mol. The highest BCUT2D eigenvalue weighted by molar-refractivity contribution is 14.0. The molecular weight excluding hydrogens is 508 g/mol. The number of hydrogen-bond acceptors (Lipinski definition) is 4. The van der Waals surface area contributed by atoms with Crippen LogP contribution in [0.25, 0.3) is 0 Å². The maximum Gasteiger partial charge on any atom is 0.193 e. The van der Waals surface area contributed by atoms with Crippen molar-refractivity contribution < 1.29 is 17.5 Å². The zero-order chi connectivity index (χ0) is 20.6. The summed E-state index contributed by atoms with van der Waals surface area (Å²) < 4.78 is 44.1. The topological polar surface area (TPSA) is 71.0 Å². The zero-order valence-electron chi connectivity index (χ0n) is 16.8. The van der Waals surface area contributed by atoms with Gasteiger partial charge in [-0.05, 0) is 30.7 Å². The number of nitrogens with zero attached hydrogens (tertiary/aromatic N) is 2. The average Bonchev–Trinajstić information content (AvgIpc) is 2.67. The largest absolute Gasteiger partial charge is 0.491 e. The first-order valence-corrected chi connectivity index (χ1v) is 10.6. The fraction of sp³-hybridized carbons (Fsp3) is 0.350. The molecule has 2 aromatic rings. The Morgan fingerprint density at radius 1 is 1.17 bits per heavy atom. The Labute approximate surface area is 189 Å². The van der Waals surface area contributed by atoms with E-state index in [-0.39, 0.29) is 41.2 Å². The van der Waals surface area contributed by atoms with Crippen molar-refractivity contribution in [2.24, 2.45) is 4.99 Å². The molecule has 0 bridgehead atoms. The number of aliphatic imine (C=N–C) groups is 1. The summed E-state index contributed by atoms with van der Waals surface area (Å²) in [6.45, 7) is 3.12. The molecule has 0 aliphatic carbocycles. The molecule has 0 unspecified atom stereocenters. The lowest BCUT2D eigenvalue weighted by atomic mass is 10.2. The molecule has 2 rings (SSSR count). The van der Waals surface area contributed by atoms with E-state index in [1.165, 1.54) is 18.2 Å². The van der Waals surface area contributed by atoms with Gasteiger partial charge < -0.3 is 15.0 Å². The fourth-order valence-electron chi connectivity index (χ4n) is 2.61. The number of aryl methyl sites for hydroxylation is 1. The van der Waals surface area contributed by atoms with Gasteiger partial charge in [0.2, 0.25) is 0 Å². The van der Waals surface area contributed by atoms with Gasteiger partial charge in [0, 0.05) is 20.6 Å². The molecule has 1 N–H and O–H groups in total. The van der Waals surface area contributed by atoms with E-state index in [0.717, 1.165) is 17.4 Å². The molecule has 160 valence electrons. The number of likely N-dealkylation sites (N-methyl/N-ethyl adjacent to an activating group) is 1.